The lowest BCUT2D eigenvalue weighted by molar-refractivity contribution is -0.139. The molecule has 110 valence electrons. The zero-order valence-electron chi connectivity index (χ0n) is 12.3. The second-order valence-electron chi connectivity index (χ2n) is 4.93. The van der Waals surface area contributed by atoms with Crippen LogP contribution in [0.2, 0.25) is 0 Å². The number of ether oxygens (including phenoxy) is 1. The fraction of sp³-hybridized carbons (Fsp3) is 0.278. The SMILES string of the molecule is COC(=O)Cc1ccccc1CNCCc1ccccc1. The highest BCUT2D eigenvalue weighted by Crippen LogP contribution is 2.10. The van der Waals surface area contributed by atoms with Gasteiger partial charge in [-0.1, -0.05) is 54.6 Å². The van der Waals surface area contributed by atoms with Crippen LogP contribution in [0.5, 0.6) is 0 Å². The lowest BCUT2D eigenvalue weighted by atomic mass is 10.0. The molecule has 0 atom stereocenters. The average Bonchev–Trinajstić information content (AvgIpc) is 2.54. The molecule has 0 bridgehead atoms. The first kappa shape index (κ1) is 15.3. The zero-order chi connectivity index (χ0) is 14.9. The van der Waals surface area contributed by atoms with Crippen LogP contribution in [0.3, 0.4) is 0 Å². The molecule has 0 spiro atoms. The Morgan fingerprint density at radius 3 is 2.38 bits per heavy atom. The minimum Gasteiger partial charge on any atom is -0.469 e. The van der Waals surface area contributed by atoms with Gasteiger partial charge in [-0.25, -0.2) is 0 Å². The van der Waals surface area contributed by atoms with E-state index < -0.39 is 0 Å². The summed E-state index contributed by atoms with van der Waals surface area (Å²) in [4.78, 5) is 11.4. The van der Waals surface area contributed by atoms with Crippen LogP contribution in [0, 0.1) is 0 Å². The number of carbonyl (C=O) groups is 1. The number of carbonyl (C=O) groups excluding carboxylic acids is 1. The third-order valence-electron chi connectivity index (χ3n) is 3.43. The molecule has 0 saturated heterocycles. The van der Waals surface area contributed by atoms with Gasteiger partial charge in [-0.3, -0.25) is 4.79 Å². The molecule has 0 amide bonds. The molecule has 0 aromatic heterocycles. The standard InChI is InChI=1S/C18H21NO2/c1-21-18(20)13-16-9-5-6-10-17(16)14-19-12-11-15-7-3-2-4-8-15/h2-10,19H,11-14H2,1H3. The Kier molecular flexibility index (Phi) is 5.98. The minimum atomic E-state index is -0.202. The van der Waals surface area contributed by atoms with Gasteiger partial charge in [0.2, 0.25) is 0 Å². The quantitative estimate of drug-likeness (QED) is 0.627. The second kappa shape index (κ2) is 8.22. The average molecular weight is 283 g/mol. The Labute approximate surface area is 126 Å². The Morgan fingerprint density at radius 2 is 1.67 bits per heavy atom. The largest absolute Gasteiger partial charge is 0.469 e. The highest BCUT2D eigenvalue weighted by molar-refractivity contribution is 5.72. The molecule has 3 heteroatoms. The van der Waals surface area contributed by atoms with Crippen molar-refractivity contribution in [2.75, 3.05) is 13.7 Å². The first-order valence-electron chi connectivity index (χ1n) is 7.18. The van der Waals surface area contributed by atoms with Crippen LogP contribution in [0.4, 0.5) is 0 Å². The highest BCUT2D eigenvalue weighted by Gasteiger charge is 2.07. The number of methoxy groups -OCH3 is 1. The fourth-order valence-corrected chi connectivity index (χ4v) is 2.23. The molecule has 0 aliphatic heterocycles. The number of benzene rings is 2. The maximum Gasteiger partial charge on any atom is 0.309 e. The van der Waals surface area contributed by atoms with Crippen LogP contribution in [-0.4, -0.2) is 19.6 Å². The van der Waals surface area contributed by atoms with Crippen molar-refractivity contribution in [3.8, 4) is 0 Å². The Morgan fingerprint density at radius 1 is 1.00 bits per heavy atom. The van der Waals surface area contributed by atoms with Crippen LogP contribution in [0.15, 0.2) is 54.6 Å². The minimum absolute atomic E-state index is 0.202. The van der Waals surface area contributed by atoms with E-state index in [1.54, 1.807) is 0 Å². The smallest absolute Gasteiger partial charge is 0.309 e. The lowest BCUT2D eigenvalue weighted by Crippen LogP contribution is -2.18. The monoisotopic (exact) mass is 283 g/mol. The van der Waals surface area contributed by atoms with Gasteiger partial charge in [0.05, 0.1) is 13.5 Å². The molecule has 0 saturated carbocycles. The summed E-state index contributed by atoms with van der Waals surface area (Å²) in [6.45, 7) is 1.68. The summed E-state index contributed by atoms with van der Waals surface area (Å²) in [5.74, 6) is -0.202. The number of nitrogens with one attached hydrogen (secondary N) is 1. The van der Waals surface area contributed by atoms with Crippen LogP contribution >= 0.6 is 0 Å². The summed E-state index contributed by atoms with van der Waals surface area (Å²) in [5, 5.41) is 3.43. The van der Waals surface area contributed by atoms with E-state index in [0.717, 1.165) is 30.6 Å². The van der Waals surface area contributed by atoms with Crippen molar-refractivity contribution < 1.29 is 9.53 Å². The van der Waals surface area contributed by atoms with E-state index in [2.05, 4.69) is 29.6 Å². The molecule has 0 unspecified atom stereocenters. The zero-order valence-corrected chi connectivity index (χ0v) is 12.3. The molecule has 2 aromatic rings. The number of hydrogen-bond acceptors (Lipinski definition) is 3. The molecule has 2 aromatic carbocycles. The molecule has 0 aliphatic carbocycles. The summed E-state index contributed by atoms with van der Waals surface area (Å²) >= 11 is 0. The van der Waals surface area contributed by atoms with Crippen molar-refractivity contribution in [2.45, 2.75) is 19.4 Å². The fourth-order valence-electron chi connectivity index (χ4n) is 2.23. The Hall–Kier alpha value is -2.13. The maximum atomic E-state index is 11.4. The summed E-state index contributed by atoms with van der Waals surface area (Å²) < 4.78 is 4.73. The molecule has 0 radical (unpaired) electrons. The van der Waals surface area contributed by atoms with Crippen LogP contribution in [0.1, 0.15) is 16.7 Å². The van der Waals surface area contributed by atoms with Crippen LogP contribution < -0.4 is 5.32 Å². The Bertz CT molecular complexity index is 566. The topological polar surface area (TPSA) is 38.3 Å². The van der Waals surface area contributed by atoms with Gasteiger partial charge < -0.3 is 10.1 Å². The van der Waals surface area contributed by atoms with E-state index >= 15 is 0 Å². The van der Waals surface area contributed by atoms with Crippen molar-refractivity contribution in [2.24, 2.45) is 0 Å². The van der Waals surface area contributed by atoms with Crippen molar-refractivity contribution in [1.82, 2.24) is 5.32 Å². The summed E-state index contributed by atoms with van der Waals surface area (Å²) in [6, 6.07) is 18.4. The molecule has 21 heavy (non-hydrogen) atoms. The van der Waals surface area contributed by atoms with Crippen LogP contribution in [0.25, 0.3) is 0 Å². The molecule has 3 nitrogen and oxygen atoms in total. The predicted molar refractivity (Wildman–Crippen MR) is 84.0 cm³/mol. The van der Waals surface area contributed by atoms with Gasteiger partial charge in [0, 0.05) is 6.54 Å². The van der Waals surface area contributed by atoms with E-state index in [1.807, 2.05) is 30.3 Å². The van der Waals surface area contributed by atoms with E-state index in [-0.39, 0.29) is 5.97 Å². The molecule has 0 heterocycles. The summed E-state index contributed by atoms with van der Waals surface area (Å²) in [5.41, 5.74) is 3.50. The first-order chi connectivity index (χ1) is 10.3. The summed E-state index contributed by atoms with van der Waals surface area (Å²) in [6.07, 6.45) is 1.33. The van der Waals surface area contributed by atoms with Crippen molar-refractivity contribution in [1.29, 1.82) is 0 Å². The molecule has 0 aliphatic rings. The number of esters is 1. The predicted octanol–water partition coefficient (Wildman–Crippen LogP) is 2.73. The van der Waals surface area contributed by atoms with E-state index in [9.17, 15) is 4.79 Å². The number of rotatable bonds is 7. The van der Waals surface area contributed by atoms with E-state index in [1.165, 1.54) is 12.7 Å². The lowest BCUT2D eigenvalue weighted by Gasteiger charge is -2.10. The van der Waals surface area contributed by atoms with Gasteiger partial charge in [0.1, 0.15) is 0 Å². The highest BCUT2D eigenvalue weighted by atomic mass is 16.5. The Balaban J connectivity index is 1.84. The van der Waals surface area contributed by atoms with Gasteiger partial charge in [0.25, 0.3) is 0 Å². The van der Waals surface area contributed by atoms with Crippen LogP contribution in [-0.2, 0) is 28.9 Å². The second-order valence-corrected chi connectivity index (χ2v) is 4.93. The molecular weight excluding hydrogens is 262 g/mol. The first-order valence-corrected chi connectivity index (χ1v) is 7.18. The molecular formula is C18H21NO2. The van der Waals surface area contributed by atoms with E-state index in [4.69, 9.17) is 4.74 Å². The third kappa shape index (κ3) is 5.04. The molecule has 0 fully saturated rings. The van der Waals surface area contributed by atoms with Gasteiger partial charge in [-0.2, -0.15) is 0 Å². The van der Waals surface area contributed by atoms with Crippen molar-refractivity contribution >= 4 is 5.97 Å². The summed E-state index contributed by atoms with van der Waals surface area (Å²) in [7, 11) is 1.42. The van der Waals surface area contributed by atoms with Crippen molar-refractivity contribution in [3.63, 3.8) is 0 Å². The van der Waals surface area contributed by atoms with Crippen molar-refractivity contribution in [3.05, 3.63) is 71.3 Å². The maximum absolute atomic E-state index is 11.4. The third-order valence-corrected chi connectivity index (χ3v) is 3.43. The molecule has 2 rings (SSSR count). The number of hydrogen-bond donors (Lipinski definition) is 1. The van der Waals surface area contributed by atoms with Gasteiger partial charge >= 0.3 is 5.97 Å². The van der Waals surface area contributed by atoms with Gasteiger partial charge in [-0.15, -0.1) is 0 Å². The van der Waals surface area contributed by atoms with Gasteiger partial charge in [-0.05, 0) is 29.7 Å². The van der Waals surface area contributed by atoms with Gasteiger partial charge in [0.15, 0.2) is 0 Å². The molecule has 1 N–H and O–H groups in total. The normalized spacial score (nSPS) is 10.3. The van der Waals surface area contributed by atoms with E-state index in [0.29, 0.717) is 6.42 Å².